The molecule has 1 saturated carbocycles. The zero-order valence-corrected chi connectivity index (χ0v) is 12.5. The van der Waals surface area contributed by atoms with Crippen molar-refractivity contribution in [3.63, 3.8) is 0 Å². The lowest BCUT2D eigenvalue weighted by Gasteiger charge is -2.35. The second kappa shape index (κ2) is 6.38. The van der Waals surface area contributed by atoms with Crippen LogP contribution in [0.4, 0.5) is 0 Å². The Kier molecular flexibility index (Phi) is 5.08. The second-order valence-electron chi connectivity index (χ2n) is 6.81. The molecular weight excluding hydrogens is 222 g/mol. The van der Waals surface area contributed by atoms with Gasteiger partial charge in [-0.1, -0.05) is 33.6 Å². The minimum atomic E-state index is 0.450. The van der Waals surface area contributed by atoms with Crippen molar-refractivity contribution >= 4 is 0 Å². The lowest BCUT2D eigenvalue weighted by atomic mass is 9.74. The Bertz CT molecular complexity index is 249. The SMILES string of the molecule is CCNCC1(CCCC(C)C)CCOC1C1CC1. The van der Waals surface area contributed by atoms with E-state index in [0.717, 1.165) is 25.0 Å². The fourth-order valence-electron chi connectivity index (χ4n) is 3.52. The van der Waals surface area contributed by atoms with Crippen LogP contribution in [0.2, 0.25) is 0 Å². The molecule has 0 spiro atoms. The van der Waals surface area contributed by atoms with Gasteiger partial charge >= 0.3 is 0 Å². The molecule has 2 unspecified atom stereocenters. The van der Waals surface area contributed by atoms with E-state index in [1.54, 1.807) is 0 Å². The molecule has 1 N–H and O–H groups in total. The van der Waals surface area contributed by atoms with Crippen LogP contribution in [0, 0.1) is 17.3 Å². The Morgan fingerprint density at radius 1 is 1.33 bits per heavy atom. The first-order chi connectivity index (χ1) is 8.68. The predicted molar refractivity (Wildman–Crippen MR) is 76.7 cm³/mol. The van der Waals surface area contributed by atoms with E-state index < -0.39 is 0 Å². The van der Waals surface area contributed by atoms with E-state index >= 15 is 0 Å². The summed E-state index contributed by atoms with van der Waals surface area (Å²) in [6.45, 7) is 10.1. The average Bonchev–Trinajstić information content (AvgIpc) is 3.09. The molecule has 1 aliphatic carbocycles. The first-order valence-electron chi connectivity index (χ1n) is 8.00. The van der Waals surface area contributed by atoms with Crippen LogP contribution < -0.4 is 5.32 Å². The lowest BCUT2D eigenvalue weighted by Crippen LogP contribution is -2.42. The third kappa shape index (κ3) is 3.48. The highest BCUT2D eigenvalue weighted by Crippen LogP contribution is 2.50. The summed E-state index contributed by atoms with van der Waals surface area (Å²) in [6, 6.07) is 0. The molecule has 0 aromatic carbocycles. The summed E-state index contributed by atoms with van der Waals surface area (Å²) >= 11 is 0. The Morgan fingerprint density at radius 3 is 2.72 bits per heavy atom. The third-order valence-corrected chi connectivity index (χ3v) is 4.73. The van der Waals surface area contributed by atoms with Gasteiger partial charge in [0.05, 0.1) is 6.10 Å². The highest BCUT2D eigenvalue weighted by Gasteiger charge is 2.50. The molecule has 1 heterocycles. The highest BCUT2D eigenvalue weighted by molar-refractivity contribution is 5.00. The van der Waals surface area contributed by atoms with E-state index in [2.05, 4.69) is 26.1 Å². The maximum Gasteiger partial charge on any atom is 0.0672 e. The van der Waals surface area contributed by atoms with Crippen LogP contribution in [0.3, 0.4) is 0 Å². The quantitative estimate of drug-likeness (QED) is 0.713. The average molecular weight is 253 g/mol. The molecule has 0 amide bonds. The van der Waals surface area contributed by atoms with Crippen LogP contribution in [0.15, 0.2) is 0 Å². The Balaban J connectivity index is 1.92. The molecule has 0 bridgehead atoms. The Hall–Kier alpha value is -0.0800. The number of hydrogen-bond donors (Lipinski definition) is 1. The van der Waals surface area contributed by atoms with E-state index in [1.165, 1.54) is 45.1 Å². The number of ether oxygens (including phenoxy) is 1. The first-order valence-corrected chi connectivity index (χ1v) is 8.00. The van der Waals surface area contributed by atoms with E-state index in [0.29, 0.717) is 11.5 Å². The van der Waals surface area contributed by atoms with Gasteiger partial charge in [-0.2, -0.15) is 0 Å². The minimum absolute atomic E-state index is 0.450. The summed E-state index contributed by atoms with van der Waals surface area (Å²) in [6.07, 6.45) is 8.74. The molecular formula is C16H31NO. The Labute approximate surface area is 113 Å². The van der Waals surface area contributed by atoms with Gasteiger partial charge < -0.3 is 10.1 Å². The molecule has 106 valence electrons. The van der Waals surface area contributed by atoms with Gasteiger partial charge in [0.1, 0.15) is 0 Å². The summed E-state index contributed by atoms with van der Waals surface area (Å²) < 4.78 is 6.11. The van der Waals surface area contributed by atoms with Crippen LogP contribution in [0.5, 0.6) is 0 Å². The normalized spacial score (nSPS) is 32.3. The van der Waals surface area contributed by atoms with Crippen molar-refractivity contribution in [1.29, 1.82) is 0 Å². The molecule has 1 aliphatic heterocycles. The first kappa shape index (κ1) is 14.3. The summed E-state index contributed by atoms with van der Waals surface area (Å²) in [4.78, 5) is 0. The van der Waals surface area contributed by atoms with Gasteiger partial charge in [0.25, 0.3) is 0 Å². The zero-order chi connectivity index (χ0) is 13.0. The van der Waals surface area contributed by atoms with Crippen LogP contribution in [-0.4, -0.2) is 25.8 Å². The molecule has 2 nitrogen and oxygen atoms in total. The topological polar surface area (TPSA) is 21.3 Å². The van der Waals surface area contributed by atoms with Crippen LogP contribution >= 0.6 is 0 Å². The van der Waals surface area contributed by atoms with Gasteiger partial charge in [0.2, 0.25) is 0 Å². The number of hydrogen-bond acceptors (Lipinski definition) is 2. The fourth-order valence-corrected chi connectivity index (χ4v) is 3.52. The van der Waals surface area contributed by atoms with Crippen LogP contribution in [-0.2, 0) is 4.74 Å². The van der Waals surface area contributed by atoms with E-state index in [1.807, 2.05) is 0 Å². The van der Waals surface area contributed by atoms with Crippen molar-refractivity contribution in [3.8, 4) is 0 Å². The molecule has 2 aliphatic rings. The standard InChI is InChI=1S/C16H31NO/c1-4-17-12-16(9-5-6-13(2)3)10-11-18-15(16)14-7-8-14/h13-15,17H,4-12H2,1-3H3. The molecule has 2 heteroatoms. The molecule has 0 aromatic heterocycles. The maximum atomic E-state index is 6.11. The Morgan fingerprint density at radius 2 is 2.11 bits per heavy atom. The largest absolute Gasteiger partial charge is 0.377 e. The number of rotatable bonds is 8. The van der Waals surface area contributed by atoms with Gasteiger partial charge in [0, 0.05) is 18.6 Å². The monoisotopic (exact) mass is 253 g/mol. The van der Waals surface area contributed by atoms with Crippen molar-refractivity contribution in [2.24, 2.45) is 17.3 Å². The molecule has 2 fully saturated rings. The second-order valence-corrected chi connectivity index (χ2v) is 6.81. The van der Waals surface area contributed by atoms with Gasteiger partial charge in [-0.25, -0.2) is 0 Å². The predicted octanol–water partition coefficient (Wildman–Crippen LogP) is 3.61. The van der Waals surface area contributed by atoms with E-state index in [4.69, 9.17) is 4.74 Å². The number of nitrogens with one attached hydrogen (secondary N) is 1. The molecule has 1 saturated heterocycles. The van der Waals surface area contributed by atoms with Crippen LogP contribution in [0.1, 0.15) is 59.3 Å². The van der Waals surface area contributed by atoms with Crippen molar-refractivity contribution in [2.75, 3.05) is 19.7 Å². The maximum absolute atomic E-state index is 6.11. The summed E-state index contributed by atoms with van der Waals surface area (Å²) in [7, 11) is 0. The molecule has 18 heavy (non-hydrogen) atoms. The highest BCUT2D eigenvalue weighted by atomic mass is 16.5. The summed E-state index contributed by atoms with van der Waals surface area (Å²) in [5.41, 5.74) is 0.450. The van der Waals surface area contributed by atoms with Gasteiger partial charge in [-0.05, 0) is 44.1 Å². The van der Waals surface area contributed by atoms with Crippen molar-refractivity contribution in [1.82, 2.24) is 5.32 Å². The lowest BCUT2D eigenvalue weighted by molar-refractivity contribution is 0.0252. The zero-order valence-electron chi connectivity index (χ0n) is 12.5. The van der Waals surface area contributed by atoms with Gasteiger partial charge in [0.15, 0.2) is 0 Å². The molecule has 0 aromatic rings. The van der Waals surface area contributed by atoms with Gasteiger partial charge in [-0.3, -0.25) is 0 Å². The minimum Gasteiger partial charge on any atom is -0.377 e. The smallest absolute Gasteiger partial charge is 0.0672 e. The van der Waals surface area contributed by atoms with Crippen LogP contribution in [0.25, 0.3) is 0 Å². The summed E-state index contributed by atoms with van der Waals surface area (Å²) in [5.74, 6) is 1.72. The summed E-state index contributed by atoms with van der Waals surface area (Å²) in [5, 5.41) is 3.60. The van der Waals surface area contributed by atoms with E-state index in [9.17, 15) is 0 Å². The molecule has 2 atom stereocenters. The van der Waals surface area contributed by atoms with Crippen molar-refractivity contribution in [3.05, 3.63) is 0 Å². The van der Waals surface area contributed by atoms with Crippen molar-refractivity contribution in [2.45, 2.75) is 65.4 Å². The van der Waals surface area contributed by atoms with Crippen molar-refractivity contribution < 1.29 is 4.74 Å². The van der Waals surface area contributed by atoms with E-state index in [-0.39, 0.29) is 0 Å². The molecule has 2 rings (SSSR count). The van der Waals surface area contributed by atoms with Gasteiger partial charge in [-0.15, -0.1) is 0 Å². The molecule has 0 radical (unpaired) electrons. The fraction of sp³-hybridized carbons (Fsp3) is 1.00. The third-order valence-electron chi connectivity index (χ3n) is 4.73.